The van der Waals surface area contributed by atoms with E-state index in [9.17, 15) is 14.7 Å². The highest BCUT2D eigenvalue weighted by Crippen LogP contribution is 2.17. The summed E-state index contributed by atoms with van der Waals surface area (Å²) in [7, 11) is 0. The van der Waals surface area contributed by atoms with Crippen LogP contribution < -0.4 is 10.1 Å². The van der Waals surface area contributed by atoms with Crippen molar-refractivity contribution in [3.05, 3.63) is 59.1 Å². The summed E-state index contributed by atoms with van der Waals surface area (Å²) in [6, 6.07) is 13.1. The molecular formula is C20H21ClN2O4. The van der Waals surface area contributed by atoms with E-state index in [1.807, 2.05) is 0 Å². The molecule has 1 aliphatic heterocycles. The number of likely N-dealkylation sites (tertiary alicyclic amines) is 1. The Balaban J connectivity index is 1.43. The van der Waals surface area contributed by atoms with Gasteiger partial charge in [0, 0.05) is 29.7 Å². The van der Waals surface area contributed by atoms with Gasteiger partial charge in [-0.1, -0.05) is 17.7 Å². The molecule has 0 radical (unpaired) electrons. The van der Waals surface area contributed by atoms with Gasteiger partial charge in [0.15, 0.2) is 6.61 Å². The van der Waals surface area contributed by atoms with E-state index in [1.165, 1.54) is 12.1 Å². The molecule has 142 valence electrons. The largest absolute Gasteiger partial charge is 0.508 e. The molecule has 1 fully saturated rings. The maximum absolute atomic E-state index is 12.3. The Labute approximate surface area is 162 Å². The van der Waals surface area contributed by atoms with Gasteiger partial charge in [-0.15, -0.1) is 0 Å². The standard InChI is InChI=1S/C20H21ClN2O4/c21-15-4-6-18(7-5-15)27-13-19(25)23-10-8-16(9-11-23)22-20(26)14-2-1-3-17(24)12-14/h1-7,12,16,24H,8-11,13H2,(H,22,26). The van der Waals surface area contributed by atoms with E-state index in [0.29, 0.717) is 42.3 Å². The Morgan fingerprint density at radius 2 is 1.85 bits per heavy atom. The number of benzene rings is 2. The van der Waals surface area contributed by atoms with E-state index in [2.05, 4.69) is 5.32 Å². The van der Waals surface area contributed by atoms with Crippen molar-refractivity contribution in [1.29, 1.82) is 0 Å². The van der Waals surface area contributed by atoms with Crippen molar-refractivity contribution in [3.63, 3.8) is 0 Å². The summed E-state index contributed by atoms with van der Waals surface area (Å²) < 4.78 is 5.49. The maximum Gasteiger partial charge on any atom is 0.260 e. The topological polar surface area (TPSA) is 78.9 Å². The Bertz CT molecular complexity index is 802. The summed E-state index contributed by atoms with van der Waals surface area (Å²) in [6.07, 6.45) is 1.36. The van der Waals surface area contributed by atoms with E-state index in [4.69, 9.17) is 16.3 Å². The van der Waals surface area contributed by atoms with Crippen molar-refractivity contribution >= 4 is 23.4 Å². The van der Waals surface area contributed by atoms with Gasteiger partial charge in [0.1, 0.15) is 11.5 Å². The summed E-state index contributed by atoms with van der Waals surface area (Å²) in [4.78, 5) is 26.3. The average molecular weight is 389 g/mol. The van der Waals surface area contributed by atoms with Crippen LogP contribution in [-0.2, 0) is 4.79 Å². The molecule has 0 saturated carbocycles. The molecule has 1 aliphatic rings. The van der Waals surface area contributed by atoms with Crippen LogP contribution in [0.3, 0.4) is 0 Å². The van der Waals surface area contributed by atoms with Gasteiger partial charge in [0.05, 0.1) is 0 Å². The molecule has 0 unspecified atom stereocenters. The third kappa shape index (κ3) is 5.37. The number of aromatic hydroxyl groups is 1. The molecule has 2 amide bonds. The predicted molar refractivity (Wildman–Crippen MR) is 102 cm³/mol. The molecule has 1 heterocycles. The van der Waals surface area contributed by atoms with E-state index >= 15 is 0 Å². The van der Waals surface area contributed by atoms with Gasteiger partial charge in [-0.2, -0.15) is 0 Å². The number of ether oxygens (including phenoxy) is 1. The lowest BCUT2D eigenvalue weighted by Crippen LogP contribution is -2.47. The highest BCUT2D eigenvalue weighted by atomic mass is 35.5. The van der Waals surface area contributed by atoms with Gasteiger partial charge >= 0.3 is 0 Å². The maximum atomic E-state index is 12.3. The van der Waals surface area contributed by atoms with Crippen LogP contribution in [0, 0.1) is 0 Å². The van der Waals surface area contributed by atoms with E-state index in [-0.39, 0.29) is 30.2 Å². The normalized spacial score (nSPS) is 14.6. The molecule has 2 aromatic rings. The van der Waals surface area contributed by atoms with Crippen LogP contribution in [0.1, 0.15) is 23.2 Å². The summed E-state index contributed by atoms with van der Waals surface area (Å²) in [5.41, 5.74) is 0.421. The van der Waals surface area contributed by atoms with Crippen molar-refractivity contribution in [2.45, 2.75) is 18.9 Å². The predicted octanol–water partition coefficient (Wildman–Crippen LogP) is 2.85. The van der Waals surface area contributed by atoms with Crippen molar-refractivity contribution in [3.8, 4) is 11.5 Å². The van der Waals surface area contributed by atoms with Gasteiger partial charge in [-0.05, 0) is 55.3 Å². The monoisotopic (exact) mass is 388 g/mol. The van der Waals surface area contributed by atoms with E-state index in [0.717, 1.165) is 0 Å². The zero-order valence-corrected chi connectivity index (χ0v) is 15.5. The molecule has 3 rings (SSSR count). The van der Waals surface area contributed by atoms with Crippen LogP contribution in [0.4, 0.5) is 0 Å². The third-order valence-corrected chi connectivity index (χ3v) is 4.72. The second kappa shape index (κ2) is 8.77. The third-order valence-electron chi connectivity index (χ3n) is 4.47. The van der Waals surface area contributed by atoms with Crippen LogP contribution in [0.5, 0.6) is 11.5 Å². The number of phenols is 1. The highest BCUT2D eigenvalue weighted by molar-refractivity contribution is 6.30. The van der Waals surface area contributed by atoms with Gasteiger partial charge in [0.25, 0.3) is 11.8 Å². The van der Waals surface area contributed by atoms with Gasteiger partial charge in [0.2, 0.25) is 0 Å². The Hall–Kier alpha value is -2.73. The summed E-state index contributed by atoms with van der Waals surface area (Å²) in [5.74, 6) is 0.356. The van der Waals surface area contributed by atoms with Gasteiger partial charge in [-0.25, -0.2) is 0 Å². The van der Waals surface area contributed by atoms with E-state index < -0.39 is 0 Å². The lowest BCUT2D eigenvalue weighted by Gasteiger charge is -2.32. The number of phenolic OH excluding ortho intramolecular Hbond substituents is 1. The second-order valence-corrected chi connectivity index (χ2v) is 6.86. The number of carbonyl (C=O) groups is 2. The number of nitrogens with one attached hydrogen (secondary N) is 1. The number of amides is 2. The molecule has 6 nitrogen and oxygen atoms in total. The van der Waals surface area contributed by atoms with Crippen molar-refractivity contribution < 1.29 is 19.4 Å². The Morgan fingerprint density at radius 3 is 2.52 bits per heavy atom. The number of nitrogens with zero attached hydrogens (tertiary/aromatic N) is 1. The van der Waals surface area contributed by atoms with Crippen LogP contribution in [0.2, 0.25) is 5.02 Å². The quantitative estimate of drug-likeness (QED) is 0.825. The van der Waals surface area contributed by atoms with Crippen LogP contribution >= 0.6 is 11.6 Å². The fraction of sp³-hybridized carbons (Fsp3) is 0.300. The minimum absolute atomic E-state index is 0.00100. The number of rotatable bonds is 5. The molecular weight excluding hydrogens is 368 g/mol. The van der Waals surface area contributed by atoms with Crippen molar-refractivity contribution in [2.24, 2.45) is 0 Å². The van der Waals surface area contributed by atoms with E-state index in [1.54, 1.807) is 41.3 Å². The summed E-state index contributed by atoms with van der Waals surface area (Å²) in [5, 5.41) is 13.0. The zero-order valence-electron chi connectivity index (χ0n) is 14.7. The minimum atomic E-state index is -0.221. The number of piperidine rings is 1. The molecule has 1 saturated heterocycles. The molecule has 0 atom stereocenters. The first-order valence-corrected chi connectivity index (χ1v) is 9.15. The fourth-order valence-corrected chi connectivity index (χ4v) is 3.08. The smallest absolute Gasteiger partial charge is 0.260 e. The first-order valence-electron chi connectivity index (χ1n) is 8.77. The zero-order chi connectivity index (χ0) is 19.2. The van der Waals surface area contributed by atoms with Crippen molar-refractivity contribution in [1.82, 2.24) is 10.2 Å². The SMILES string of the molecule is O=C(NC1CCN(C(=O)COc2ccc(Cl)cc2)CC1)c1cccc(O)c1. The van der Waals surface area contributed by atoms with Crippen LogP contribution in [-0.4, -0.2) is 47.6 Å². The lowest BCUT2D eigenvalue weighted by molar-refractivity contribution is -0.134. The number of halogens is 1. The van der Waals surface area contributed by atoms with Crippen LogP contribution in [0.25, 0.3) is 0 Å². The molecule has 2 N–H and O–H groups in total. The molecule has 0 aliphatic carbocycles. The summed E-state index contributed by atoms with van der Waals surface area (Å²) in [6.45, 7) is 1.10. The Kier molecular flexibility index (Phi) is 6.19. The summed E-state index contributed by atoms with van der Waals surface area (Å²) >= 11 is 5.82. The highest BCUT2D eigenvalue weighted by Gasteiger charge is 2.24. The molecule has 27 heavy (non-hydrogen) atoms. The van der Waals surface area contributed by atoms with Crippen LogP contribution in [0.15, 0.2) is 48.5 Å². The fourth-order valence-electron chi connectivity index (χ4n) is 2.96. The minimum Gasteiger partial charge on any atom is -0.508 e. The number of carbonyl (C=O) groups excluding carboxylic acids is 2. The number of hydrogen-bond acceptors (Lipinski definition) is 4. The molecule has 7 heteroatoms. The van der Waals surface area contributed by atoms with Crippen molar-refractivity contribution in [2.75, 3.05) is 19.7 Å². The number of hydrogen-bond donors (Lipinski definition) is 2. The van der Waals surface area contributed by atoms with Gasteiger partial charge < -0.3 is 20.1 Å². The molecule has 0 aromatic heterocycles. The molecule has 0 bridgehead atoms. The molecule has 2 aromatic carbocycles. The lowest BCUT2D eigenvalue weighted by atomic mass is 10.0. The first kappa shape index (κ1) is 19.0. The second-order valence-electron chi connectivity index (χ2n) is 6.42. The first-order chi connectivity index (χ1) is 13.0. The average Bonchev–Trinajstić information content (AvgIpc) is 2.68. The Morgan fingerprint density at radius 1 is 1.15 bits per heavy atom. The van der Waals surface area contributed by atoms with Gasteiger partial charge in [-0.3, -0.25) is 9.59 Å². The molecule has 0 spiro atoms.